The molecule has 0 atom stereocenters. The van der Waals surface area contributed by atoms with Gasteiger partial charge in [0.25, 0.3) is 0 Å². The van der Waals surface area contributed by atoms with Crippen molar-refractivity contribution >= 4 is 21.8 Å². The molecule has 20 rings (SSSR count). The predicted molar refractivity (Wildman–Crippen MR) is 468 cm³/mol. The van der Waals surface area contributed by atoms with Crippen molar-refractivity contribution in [1.29, 1.82) is 0 Å². The molecule has 0 unspecified atom stereocenters. The summed E-state index contributed by atoms with van der Waals surface area (Å²) in [6, 6.07) is 62.5. The molecule has 112 heavy (non-hydrogen) atoms. The van der Waals surface area contributed by atoms with E-state index in [2.05, 4.69) is 224 Å². The van der Waals surface area contributed by atoms with Crippen LogP contribution in [0.2, 0.25) is 0 Å². The molecule has 8 aliphatic rings. The van der Waals surface area contributed by atoms with Crippen LogP contribution in [-0.2, 0) is 79.6 Å². The van der Waals surface area contributed by atoms with Gasteiger partial charge in [0.2, 0.25) is 33.8 Å². The molecule has 0 amide bonds. The molecule has 0 radical (unpaired) electrons. The molecule has 572 valence electrons. The Bertz CT molecular complexity index is 5850. The first-order valence-corrected chi connectivity index (χ1v) is 42.9. The van der Waals surface area contributed by atoms with Gasteiger partial charge in [0.1, 0.15) is 28.2 Å². The van der Waals surface area contributed by atoms with Gasteiger partial charge in [-0.1, -0.05) is 153 Å². The maximum Gasteiger partial charge on any atom is 0.213 e. The highest BCUT2D eigenvalue weighted by molar-refractivity contribution is 5.85. The van der Waals surface area contributed by atoms with E-state index in [0.29, 0.717) is 32.8 Å². The second kappa shape index (κ2) is 30.3. The van der Waals surface area contributed by atoms with E-state index in [1.165, 1.54) is 259 Å². The molecule has 0 aliphatic heterocycles. The van der Waals surface area contributed by atoms with Gasteiger partial charge in [-0.25, -0.2) is 9.13 Å². The smallest absolute Gasteiger partial charge is 0.201 e. The minimum absolute atomic E-state index is 0.417. The summed E-state index contributed by atoms with van der Waals surface area (Å²) in [6.07, 6.45) is 38.3. The van der Waals surface area contributed by atoms with Gasteiger partial charge in [-0.2, -0.15) is 9.13 Å². The topological polar surface area (TPSA) is 15.5 Å². The van der Waals surface area contributed by atoms with Crippen LogP contribution in [0.15, 0.2) is 182 Å². The van der Waals surface area contributed by atoms with Crippen molar-refractivity contribution in [3.05, 3.63) is 282 Å². The van der Waals surface area contributed by atoms with E-state index in [1.807, 2.05) is 53.7 Å². The van der Waals surface area contributed by atoms with E-state index in [1.54, 1.807) is 28.5 Å². The number of nitrogens with zero attached hydrogens (tertiary/aromatic N) is 4. The van der Waals surface area contributed by atoms with E-state index in [9.17, 15) is 0 Å². The molecule has 8 aliphatic carbocycles. The van der Waals surface area contributed by atoms with Crippen molar-refractivity contribution in [2.45, 2.75) is 236 Å². The van der Waals surface area contributed by atoms with Crippen LogP contribution in [0.25, 0.3) is 89.1 Å². The normalized spacial score (nSPS) is 18.6. The summed E-state index contributed by atoms with van der Waals surface area (Å²) < 4.78 is 58.0. The Morgan fingerprint density at radius 3 is 1.26 bits per heavy atom. The van der Waals surface area contributed by atoms with E-state index in [0.717, 1.165) is 64.0 Å². The average Bonchev–Trinajstić information content (AvgIpc) is 1.06. The third kappa shape index (κ3) is 14.5. The summed E-state index contributed by atoms with van der Waals surface area (Å²) in [5, 5.41) is 2.86. The van der Waals surface area contributed by atoms with Crippen molar-refractivity contribution in [2.75, 3.05) is 0 Å². The zero-order valence-corrected chi connectivity index (χ0v) is 69.5. The lowest BCUT2D eigenvalue weighted by atomic mass is 9.70. The van der Waals surface area contributed by atoms with Gasteiger partial charge in [-0.15, -0.1) is 0 Å². The molecule has 0 bridgehead atoms. The van der Waals surface area contributed by atoms with Crippen molar-refractivity contribution in [3.8, 4) is 67.3 Å². The highest BCUT2D eigenvalue weighted by atomic mass is 15.0. The first-order chi connectivity index (χ1) is 56.4. The van der Waals surface area contributed by atoms with Crippen molar-refractivity contribution in [2.24, 2.45) is 49.9 Å². The highest BCUT2D eigenvalue weighted by Crippen LogP contribution is 2.54. The van der Waals surface area contributed by atoms with Crippen LogP contribution in [0.5, 0.6) is 0 Å². The quantitative estimate of drug-likeness (QED) is 0.148. The number of rotatable bonds is 6. The van der Waals surface area contributed by atoms with Gasteiger partial charge in [-0.05, 0) is 349 Å². The highest BCUT2D eigenvalue weighted by Gasteiger charge is 2.43. The lowest BCUT2D eigenvalue weighted by molar-refractivity contribution is -0.660. The van der Waals surface area contributed by atoms with Crippen molar-refractivity contribution in [1.82, 2.24) is 0 Å². The molecular weight excluding hydrogens is 1350 g/mol. The van der Waals surface area contributed by atoms with Crippen molar-refractivity contribution < 1.29 is 26.5 Å². The fourth-order valence-electron chi connectivity index (χ4n) is 23.0. The fraction of sp³-hybridized carbons (Fsp3) is 0.407. The zero-order chi connectivity index (χ0) is 82.5. The molecule has 8 aromatic carbocycles. The summed E-state index contributed by atoms with van der Waals surface area (Å²) in [7, 11) is 8.36. The second-order valence-electron chi connectivity index (χ2n) is 37.1. The Morgan fingerprint density at radius 1 is 0.295 bits per heavy atom. The van der Waals surface area contributed by atoms with Crippen LogP contribution in [-0.4, -0.2) is 0 Å². The number of aromatic nitrogens is 4. The first kappa shape index (κ1) is 68.5. The summed E-state index contributed by atoms with van der Waals surface area (Å²) in [5.74, 6) is 0. The summed E-state index contributed by atoms with van der Waals surface area (Å²) in [5.41, 5.74) is 42.0. The molecule has 4 spiro atoms. The van der Waals surface area contributed by atoms with Crippen LogP contribution < -0.4 is 18.3 Å². The second-order valence-corrected chi connectivity index (χ2v) is 37.1. The van der Waals surface area contributed by atoms with Crippen LogP contribution >= 0.6 is 0 Å². The third-order valence-corrected chi connectivity index (χ3v) is 29.5. The number of hydrogen-bond donors (Lipinski definition) is 0. The van der Waals surface area contributed by atoms with Gasteiger partial charge in [0.15, 0.2) is 12.4 Å². The number of hydrogen-bond acceptors (Lipinski definition) is 0. The molecule has 4 saturated carbocycles. The molecule has 4 aromatic heterocycles. The van der Waals surface area contributed by atoms with E-state index in [4.69, 9.17) is 8.22 Å². The first-order valence-electron chi connectivity index (χ1n) is 45.9. The van der Waals surface area contributed by atoms with Gasteiger partial charge in [0.05, 0.1) is 0 Å². The molecule has 0 saturated heterocycles. The zero-order valence-electron chi connectivity index (χ0n) is 75.5. The third-order valence-electron chi connectivity index (χ3n) is 29.5. The van der Waals surface area contributed by atoms with Crippen molar-refractivity contribution in [3.63, 3.8) is 0 Å². The SMILES string of the molecule is Cc1cc(C)c(C)c(-c2ccc3c4c(ccc3[n+]2C)CC2(CCCC2)C4)c1.Cc1cc(C)c(C)c(-c2ccc3cc4c(cc3[n+]2C)CC2(CCCC2)C4)c1.[2H]C([2H])([2H])c1c[n+](C)c(-c2ccccc2C)cc1-c1ccc2c(c1)CC1(CCCC1)CC2.[2H]C([2H])([2H])c1c[n+](C)c(-c2ccccc2C)cc1-c1ccc2c(c1)CCC1(CCCC1)C2. The lowest BCUT2D eigenvalue weighted by Crippen LogP contribution is -2.32. The minimum atomic E-state index is -2.17. The number of pyridine rings is 4. The van der Waals surface area contributed by atoms with Crippen LogP contribution in [0.3, 0.4) is 0 Å². The molecule has 4 fully saturated rings. The predicted octanol–water partition coefficient (Wildman–Crippen LogP) is 24.9. The molecule has 4 heterocycles. The Kier molecular flexibility index (Phi) is 18.5. The van der Waals surface area contributed by atoms with E-state index < -0.39 is 13.7 Å². The van der Waals surface area contributed by atoms with E-state index >= 15 is 0 Å². The Morgan fingerprint density at radius 2 is 0.723 bits per heavy atom. The standard InChI is InChI=1S/2C28H32N.2C26H30N/c1-20-8-4-5-9-25(20)27-17-26(21(2)19-29(27)3)23-10-11-24-18-28(13-6-7-14-28)15-12-22(24)16-23;1-20-8-4-5-9-25(20)27-17-26(21(2)19-29(27)3)23-11-10-22-12-15-28(13-6-7-14-28)18-24(22)16-23;1-17-13-18(2)19(3)22(14-17)25-10-8-21-23-16-26(11-5-6-12-26)15-20(23)7-9-24(21)27(25)4;1-17-11-18(2)19(3)23(12-17)24-8-7-20-13-21-15-26(9-5-6-10-26)16-22(21)14-25(20)27(24)4/h2*4-5,8-11,16-17,19H,6-7,12-15,18H2,1-3H3;7-10,13-14H,5-6,11-12,15-16H2,1-4H3;7-8,11-14H,5-6,9-10,15-16H2,1-4H3/q4*+1/i2*2D3;;. The number of aryl methyl sites for hydroxylation is 14. The average molecular weight is 1480 g/mol. The Labute approximate surface area is 679 Å². The lowest BCUT2D eigenvalue weighted by Gasteiger charge is -2.35. The summed E-state index contributed by atoms with van der Waals surface area (Å²) >= 11 is 0. The Balaban J connectivity index is 0.000000113. The minimum Gasteiger partial charge on any atom is -0.201 e. The van der Waals surface area contributed by atoms with Gasteiger partial charge in [0, 0.05) is 88.8 Å². The molecule has 12 aromatic rings. The van der Waals surface area contributed by atoms with Gasteiger partial charge >= 0.3 is 0 Å². The number of fused-ring (bicyclic) bond motifs is 7. The molecule has 0 N–H and O–H groups in total. The largest absolute Gasteiger partial charge is 0.213 e. The monoisotopic (exact) mass is 1480 g/mol. The fourth-order valence-corrected chi connectivity index (χ4v) is 23.0. The number of benzene rings is 8. The van der Waals surface area contributed by atoms with Gasteiger partial charge < -0.3 is 0 Å². The van der Waals surface area contributed by atoms with Crippen LogP contribution in [0.4, 0.5) is 0 Å². The van der Waals surface area contributed by atoms with E-state index in [-0.39, 0.29) is 0 Å². The van der Waals surface area contributed by atoms with Gasteiger partial charge in [-0.3, -0.25) is 0 Å². The molecule has 4 heteroatoms. The summed E-state index contributed by atoms with van der Waals surface area (Å²) in [6.45, 7) is 13.2. The van der Waals surface area contributed by atoms with Crippen LogP contribution in [0, 0.1) is 90.8 Å². The van der Waals surface area contributed by atoms with Crippen LogP contribution in [0.1, 0.15) is 224 Å². The maximum absolute atomic E-state index is 8.22. The molecule has 4 nitrogen and oxygen atoms in total. The molecular formula is C108H124N4+4. The Hall–Kier alpha value is -9.12. The summed E-state index contributed by atoms with van der Waals surface area (Å²) in [4.78, 5) is 0. The maximum atomic E-state index is 8.22.